The highest BCUT2D eigenvalue weighted by Gasteiger charge is 2.13. The highest BCUT2D eigenvalue weighted by Crippen LogP contribution is 2.21. The van der Waals surface area contributed by atoms with Crippen LogP contribution in [0.2, 0.25) is 0 Å². The molecule has 3 aromatic rings. The third kappa shape index (κ3) is 2.50. The third-order valence-electron chi connectivity index (χ3n) is 3.12. The SMILES string of the molecule is OB(O)c1cnn(-c2cccc(-c3ccccc3)c2)c1. The average Bonchev–Trinajstić information content (AvgIpc) is 2.98. The first-order chi connectivity index (χ1) is 9.74. The van der Waals surface area contributed by atoms with Crippen LogP contribution in [0.3, 0.4) is 0 Å². The van der Waals surface area contributed by atoms with E-state index in [1.165, 1.54) is 6.20 Å². The molecule has 2 aromatic carbocycles. The van der Waals surface area contributed by atoms with Gasteiger partial charge in [0.25, 0.3) is 0 Å². The van der Waals surface area contributed by atoms with Gasteiger partial charge in [0, 0.05) is 17.9 Å². The molecule has 0 saturated carbocycles. The van der Waals surface area contributed by atoms with E-state index in [1.807, 2.05) is 54.6 Å². The fraction of sp³-hybridized carbons (Fsp3) is 0. The lowest BCUT2D eigenvalue weighted by Gasteiger charge is -2.05. The van der Waals surface area contributed by atoms with Crippen LogP contribution in [0.1, 0.15) is 0 Å². The minimum atomic E-state index is -1.50. The Bertz CT molecular complexity index is 711. The molecule has 3 rings (SSSR count). The van der Waals surface area contributed by atoms with Gasteiger partial charge in [0.05, 0.1) is 5.69 Å². The highest BCUT2D eigenvalue weighted by atomic mass is 16.4. The van der Waals surface area contributed by atoms with Gasteiger partial charge < -0.3 is 10.0 Å². The van der Waals surface area contributed by atoms with Crippen molar-refractivity contribution in [3.63, 3.8) is 0 Å². The number of rotatable bonds is 3. The Morgan fingerprint density at radius 2 is 1.65 bits per heavy atom. The smallest absolute Gasteiger partial charge is 0.423 e. The first-order valence-corrected chi connectivity index (χ1v) is 6.30. The summed E-state index contributed by atoms with van der Waals surface area (Å²) in [5.74, 6) is 0. The minimum Gasteiger partial charge on any atom is -0.423 e. The highest BCUT2D eigenvalue weighted by molar-refractivity contribution is 6.58. The summed E-state index contributed by atoms with van der Waals surface area (Å²) in [5, 5.41) is 22.4. The van der Waals surface area contributed by atoms with E-state index in [0.29, 0.717) is 5.46 Å². The summed E-state index contributed by atoms with van der Waals surface area (Å²) in [6.45, 7) is 0. The van der Waals surface area contributed by atoms with Crippen LogP contribution in [-0.4, -0.2) is 26.9 Å². The molecule has 20 heavy (non-hydrogen) atoms. The van der Waals surface area contributed by atoms with Crippen molar-refractivity contribution in [2.75, 3.05) is 0 Å². The molecule has 0 aliphatic rings. The average molecular weight is 264 g/mol. The van der Waals surface area contributed by atoms with E-state index in [2.05, 4.69) is 5.10 Å². The Morgan fingerprint density at radius 1 is 0.900 bits per heavy atom. The van der Waals surface area contributed by atoms with Crippen molar-refractivity contribution >= 4 is 12.6 Å². The van der Waals surface area contributed by atoms with Gasteiger partial charge in [-0.05, 0) is 23.3 Å². The van der Waals surface area contributed by atoms with Crippen LogP contribution in [0.4, 0.5) is 0 Å². The van der Waals surface area contributed by atoms with Crippen LogP contribution in [0.15, 0.2) is 67.0 Å². The van der Waals surface area contributed by atoms with E-state index in [-0.39, 0.29) is 0 Å². The molecule has 0 unspecified atom stereocenters. The van der Waals surface area contributed by atoms with Gasteiger partial charge in [0.1, 0.15) is 0 Å². The summed E-state index contributed by atoms with van der Waals surface area (Å²) in [6.07, 6.45) is 3.05. The molecule has 0 bridgehead atoms. The van der Waals surface area contributed by atoms with Crippen molar-refractivity contribution in [3.05, 3.63) is 67.0 Å². The Hall–Kier alpha value is -2.37. The quantitative estimate of drug-likeness (QED) is 0.699. The van der Waals surface area contributed by atoms with Crippen LogP contribution in [0.5, 0.6) is 0 Å². The number of hydrogen-bond acceptors (Lipinski definition) is 3. The number of nitrogens with zero attached hydrogens (tertiary/aromatic N) is 2. The molecule has 1 heterocycles. The number of aromatic nitrogens is 2. The van der Waals surface area contributed by atoms with Crippen molar-refractivity contribution in [1.82, 2.24) is 9.78 Å². The second-order valence-electron chi connectivity index (χ2n) is 4.51. The standard InChI is InChI=1S/C15H13BN2O2/c19-16(20)14-10-17-18(11-14)15-8-4-7-13(9-15)12-5-2-1-3-6-12/h1-11,19-20H. The third-order valence-corrected chi connectivity index (χ3v) is 3.12. The predicted molar refractivity (Wildman–Crippen MR) is 78.8 cm³/mol. The van der Waals surface area contributed by atoms with Gasteiger partial charge in [0.2, 0.25) is 0 Å². The van der Waals surface area contributed by atoms with Gasteiger partial charge in [-0.15, -0.1) is 0 Å². The Labute approximate surface area is 117 Å². The van der Waals surface area contributed by atoms with Crippen molar-refractivity contribution in [2.24, 2.45) is 0 Å². The summed E-state index contributed by atoms with van der Waals surface area (Å²) in [6, 6.07) is 18.0. The zero-order valence-corrected chi connectivity index (χ0v) is 10.7. The van der Waals surface area contributed by atoms with Gasteiger partial charge in [-0.25, -0.2) is 4.68 Å². The molecular weight excluding hydrogens is 251 g/mol. The molecular formula is C15H13BN2O2. The molecule has 0 aliphatic carbocycles. The molecule has 0 fully saturated rings. The maximum absolute atomic E-state index is 9.12. The van der Waals surface area contributed by atoms with E-state index in [4.69, 9.17) is 10.0 Å². The van der Waals surface area contributed by atoms with Crippen LogP contribution >= 0.6 is 0 Å². The maximum Gasteiger partial charge on any atom is 0.491 e. The predicted octanol–water partition coefficient (Wildman–Crippen LogP) is 1.22. The molecule has 0 atom stereocenters. The summed E-state index contributed by atoms with van der Waals surface area (Å²) in [5.41, 5.74) is 3.46. The lowest BCUT2D eigenvalue weighted by atomic mass is 9.83. The molecule has 5 heteroatoms. The van der Waals surface area contributed by atoms with E-state index >= 15 is 0 Å². The van der Waals surface area contributed by atoms with Crippen molar-refractivity contribution in [1.29, 1.82) is 0 Å². The largest absolute Gasteiger partial charge is 0.491 e. The van der Waals surface area contributed by atoms with Gasteiger partial charge in [0.15, 0.2) is 0 Å². The minimum absolute atomic E-state index is 0.370. The molecule has 0 amide bonds. The zero-order chi connectivity index (χ0) is 13.9. The second-order valence-corrected chi connectivity index (χ2v) is 4.51. The number of hydrogen-bond donors (Lipinski definition) is 2. The van der Waals surface area contributed by atoms with E-state index in [0.717, 1.165) is 16.8 Å². The molecule has 0 aliphatic heterocycles. The molecule has 0 saturated heterocycles. The Kier molecular flexibility index (Phi) is 3.37. The molecule has 4 nitrogen and oxygen atoms in total. The Balaban J connectivity index is 1.99. The number of benzene rings is 2. The van der Waals surface area contributed by atoms with Crippen molar-refractivity contribution in [2.45, 2.75) is 0 Å². The van der Waals surface area contributed by atoms with Crippen molar-refractivity contribution in [3.8, 4) is 16.8 Å². The van der Waals surface area contributed by atoms with E-state index < -0.39 is 7.12 Å². The summed E-state index contributed by atoms with van der Waals surface area (Å²) < 4.78 is 1.63. The fourth-order valence-electron chi connectivity index (χ4n) is 2.07. The molecule has 0 spiro atoms. The monoisotopic (exact) mass is 264 g/mol. The van der Waals surface area contributed by atoms with Crippen LogP contribution in [0.25, 0.3) is 16.8 Å². The fourth-order valence-corrected chi connectivity index (χ4v) is 2.07. The summed E-state index contributed by atoms with van der Waals surface area (Å²) in [4.78, 5) is 0. The molecule has 0 radical (unpaired) electrons. The van der Waals surface area contributed by atoms with Crippen LogP contribution < -0.4 is 5.46 Å². The van der Waals surface area contributed by atoms with Crippen LogP contribution in [-0.2, 0) is 0 Å². The van der Waals surface area contributed by atoms with E-state index in [9.17, 15) is 0 Å². The summed E-state index contributed by atoms with van der Waals surface area (Å²) >= 11 is 0. The maximum atomic E-state index is 9.12. The lowest BCUT2D eigenvalue weighted by Crippen LogP contribution is -2.28. The van der Waals surface area contributed by atoms with Gasteiger partial charge in [-0.2, -0.15) is 5.10 Å². The molecule has 98 valence electrons. The van der Waals surface area contributed by atoms with Crippen molar-refractivity contribution < 1.29 is 10.0 Å². The molecule has 2 N–H and O–H groups in total. The normalized spacial score (nSPS) is 10.5. The van der Waals surface area contributed by atoms with E-state index in [1.54, 1.807) is 10.9 Å². The molecule has 1 aromatic heterocycles. The van der Waals surface area contributed by atoms with Gasteiger partial charge >= 0.3 is 7.12 Å². The first kappa shape index (κ1) is 12.7. The zero-order valence-electron chi connectivity index (χ0n) is 10.7. The van der Waals surface area contributed by atoms with Crippen LogP contribution in [0, 0.1) is 0 Å². The topological polar surface area (TPSA) is 58.3 Å². The van der Waals surface area contributed by atoms with Gasteiger partial charge in [-0.3, -0.25) is 0 Å². The summed E-state index contributed by atoms with van der Waals surface area (Å²) in [7, 11) is -1.50. The lowest BCUT2D eigenvalue weighted by molar-refractivity contribution is 0.426. The Morgan fingerprint density at radius 3 is 2.35 bits per heavy atom. The van der Waals surface area contributed by atoms with Gasteiger partial charge in [-0.1, -0.05) is 42.5 Å². The second kappa shape index (κ2) is 5.32. The first-order valence-electron chi connectivity index (χ1n) is 6.30.